The Morgan fingerprint density at radius 2 is 1.76 bits per heavy atom. The van der Waals surface area contributed by atoms with Crippen LogP contribution < -0.4 is 20.2 Å². The van der Waals surface area contributed by atoms with Gasteiger partial charge in [-0.1, -0.05) is 57.2 Å². The summed E-state index contributed by atoms with van der Waals surface area (Å²) in [6.07, 6.45) is 2.09. The van der Waals surface area contributed by atoms with Crippen molar-refractivity contribution in [1.29, 1.82) is 0 Å². The van der Waals surface area contributed by atoms with Crippen molar-refractivity contribution in [2.24, 2.45) is 0 Å². The van der Waals surface area contributed by atoms with Crippen LogP contribution in [0.4, 0.5) is 5.69 Å². The lowest BCUT2D eigenvalue weighted by atomic mass is 10.0. The molecule has 0 aliphatic carbocycles. The minimum absolute atomic E-state index is 0.116. The Kier molecular flexibility index (Phi) is 6.97. The van der Waals surface area contributed by atoms with E-state index >= 15 is 0 Å². The average Bonchev–Trinajstić information content (AvgIpc) is 2.85. The molecule has 0 saturated heterocycles. The van der Waals surface area contributed by atoms with Crippen LogP contribution in [0.2, 0.25) is 0 Å². The van der Waals surface area contributed by atoms with Crippen molar-refractivity contribution in [2.45, 2.75) is 33.1 Å². The van der Waals surface area contributed by atoms with E-state index in [0.29, 0.717) is 22.5 Å². The van der Waals surface area contributed by atoms with E-state index in [0.717, 1.165) is 23.2 Å². The first-order chi connectivity index (χ1) is 16.5. The number of amides is 1. The Hall–Kier alpha value is -4.06. The Balaban J connectivity index is 1.46. The molecule has 1 heterocycles. The number of hydrogen-bond donors (Lipinski definition) is 1. The molecule has 0 radical (unpaired) electrons. The van der Waals surface area contributed by atoms with Crippen LogP contribution in [0, 0.1) is 0 Å². The van der Waals surface area contributed by atoms with Crippen LogP contribution >= 0.6 is 0 Å². The molecule has 0 unspecified atom stereocenters. The van der Waals surface area contributed by atoms with Crippen LogP contribution in [0.15, 0.2) is 82.2 Å². The highest BCUT2D eigenvalue weighted by molar-refractivity contribution is 5.92. The van der Waals surface area contributed by atoms with E-state index in [4.69, 9.17) is 13.9 Å². The fourth-order valence-electron chi connectivity index (χ4n) is 3.71. The zero-order chi connectivity index (χ0) is 24.1. The van der Waals surface area contributed by atoms with Crippen LogP contribution in [0.5, 0.6) is 17.2 Å². The van der Waals surface area contributed by atoms with E-state index in [-0.39, 0.29) is 29.6 Å². The number of nitrogens with one attached hydrogen (secondary N) is 1. The highest BCUT2D eigenvalue weighted by Gasteiger charge is 2.13. The van der Waals surface area contributed by atoms with Crippen molar-refractivity contribution in [3.8, 4) is 17.2 Å². The summed E-state index contributed by atoms with van der Waals surface area (Å²) in [7, 11) is 0. The number of aryl methyl sites for hydroxylation is 1. The maximum absolute atomic E-state index is 12.9. The summed E-state index contributed by atoms with van der Waals surface area (Å²) in [5.74, 6) is 1.18. The first kappa shape index (κ1) is 23.1. The lowest BCUT2D eigenvalue weighted by Crippen LogP contribution is -2.21. The number of ether oxygens (including phenoxy) is 2. The summed E-state index contributed by atoms with van der Waals surface area (Å²) in [5.41, 5.74) is 2.90. The summed E-state index contributed by atoms with van der Waals surface area (Å²) < 4.78 is 17.1. The predicted octanol–water partition coefficient (Wildman–Crippen LogP) is 6.29. The molecule has 1 amide bonds. The number of fused-ring (bicyclic) bond motifs is 1. The van der Waals surface area contributed by atoms with Gasteiger partial charge in [0.15, 0.2) is 6.61 Å². The third-order valence-corrected chi connectivity index (χ3v) is 5.51. The number of carbonyl (C=O) groups is 1. The number of hydrogen-bond acceptors (Lipinski definition) is 5. The lowest BCUT2D eigenvalue weighted by Gasteiger charge is -2.14. The van der Waals surface area contributed by atoms with Gasteiger partial charge in [0.25, 0.3) is 5.91 Å². The Labute approximate surface area is 198 Å². The number of para-hydroxylation sites is 2. The zero-order valence-electron chi connectivity index (χ0n) is 19.5. The second kappa shape index (κ2) is 10.3. The van der Waals surface area contributed by atoms with Crippen molar-refractivity contribution in [3.05, 3.63) is 94.3 Å². The Bertz CT molecular complexity index is 1370. The second-order valence-corrected chi connectivity index (χ2v) is 8.23. The average molecular weight is 458 g/mol. The summed E-state index contributed by atoms with van der Waals surface area (Å²) >= 11 is 0. The van der Waals surface area contributed by atoms with Crippen molar-refractivity contribution in [1.82, 2.24) is 0 Å². The molecule has 0 bridgehead atoms. The number of benzene rings is 3. The van der Waals surface area contributed by atoms with E-state index in [2.05, 4.69) is 19.2 Å². The summed E-state index contributed by atoms with van der Waals surface area (Å²) in [6.45, 7) is 6.00. The van der Waals surface area contributed by atoms with Gasteiger partial charge in [-0.2, -0.15) is 0 Å². The topological polar surface area (TPSA) is 77.8 Å². The monoisotopic (exact) mass is 457 g/mol. The molecule has 174 valence electrons. The maximum Gasteiger partial charge on any atom is 0.262 e. The maximum atomic E-state index is 12.9. The summed E-state index contributed by atoms with van der Waals surface area (Å²) in [5, 5.41) is 3.26. The largest absolute Gasteiger partial charge is 0.484 e. The lowest BCUT2D eigenvalue weighted by molar-refractivity contribution is -0.118. The van der Waals surface area contributed by atoms with E-state index in [9.17, 15) is 9.59 Å². The Morgan fingerprint density at radius 3 is 2.56 bits per heavy atom. The van der Waals surface area contributed by atoms with Gasteiger partial charge in [0.05, 0.1) is 5.39 Å². The third-order valence-electron chi connectivity index (χ3n) is 5.51. The molecule has 1 aromatic heterocycles. The fourth-order valence-corrected chi connectivity index (χ4v) is 3.71. The van der Waals surface area contributed by atoms with Gasteiger partial charge in [-0.15, -0.1) is 0 Å². The molecule has 34 heavy (non-hydrogen) atoms. The van der Waals surface area contributed by atoms with Crippen molar-refractivity contribution < 1.29 is 18.7 Å². The smallest absolute Gasteiger partial charge is 0.262 e. The molecule has 6 heteroatoms. The molecule has 4 rings (SSSR count). The van der Waals surface area contributed by atoms with Crippen LogP contribution in [0.25, 0.3) is 11.0 Å². The van der Waals surface area contributed by atoms with Gasteiger partial charge >= 0.3 is 0 Å². The molecule has 0 aliphatic rings. The minimum atomic E-state index is -0.276. The van der Waals surface area contributed by atoms with Crippen LogP contribution in [0.1, 0.15) is 37.8 Å². The molecule has 0 saturated carbocycles. The van der Waals surface area contributed by atoms with Crippen molar-refractivity contribution in [2.75, 3.05) is 11.9 Å². The van der Waals surface area contributed by atoms with Crippen LogP contribution in [0.3, 0.4) is 0 Å². The number of anilines is 1. The first-order valence-corrected chi connectivity index (χ1v) is 11.3. The molecule has 3 aromatic carbocycles. The summed E-state index contributed by atoms with van der Waals surface area (Å²) in [4.78, 5) is 25.3. The van der Waals surface area contributed by atoms with Crippen LogP contribution in [-0.4, -0.2) is 12.5 Å². The molecule has 0 spiro atoms. The number of rotatable bonds is 8. The molecule has 0 aliphatic heterocycles. The SMILES string of the molecule is CCc1ccccc1Oc1coc2cc(OCC(=O)Nc3ccccc3C(C)C)ccc2c1=O. The summed E-state index contributed by atoms with van der Waals surface area (Å²) in [6, 6.07) is 20.1. The van der Waals surface area contributed by atoms with Gasteiger partial charge in [0.2, 0.25) is 11.2 Å². The van der Waals surface area contributed by atoms with Crippen molar-refractivity contribution in [3.63, 3.8) is 0 Å². The first-order valence-electron chi connectivity index (χ1n) is 11.3. The molecule has 6 nitrogen and oxygen atoms in total. The Morgan fingerprint density at radius 1 is 1.00 bits per heavy atom. The van der Waals surface area contributed by atoms with E-state index in [1.54, 1.807) is 18.2 Å². The molecular formula is C28H27NO5. The molecular weight excluding hydrogens is 430 g/mol. The molecule has 0 atom stereocenters. The highest BCUT2D eigenvalue weighted by atomic mass is 16.5. The number of carbonyl (C=O) groups excluding carboxylic acids is 1. The molecule has 4 aromatic rings. The second-order valence-electron chi connectivity index (χ2n) is 8.23. The van der Waals surface area contributed by atoms with Crippen molar-refractivity contribution >= 4 is 22.6 Å². The van der Waals surface area contributed by atoms with Gasteiger partial charge in [-0.05, 0) is 47.7 Å². The normalized spacial score (nSPS) is 10.9. The quantitative estimate of drug-likeness (QED) is 0.336. The van der Waals surface area contributed by atoms with Crippen LogP contribution in [-0.2, 0) is 11.2 Å². The fraction of sp³-hybridized carbons (Fsp3) is 0.214. The van der Waals surface area contributed by atoms with Gasteiger partial charge in [0.1, 0.15) is 23.3 Å². The molecule has 1 N–H and O–H groups in total. The standard InChI is InChI=1S/C28H27NO5/c1-4-19-9-5-8-12-24(19)34-26-16-33-25-15-20(13-14-22(25)28(26)31)32-17-27(30)29-23-11-7-6-10-21(23)18(2)3/h5-16,18H,4,17H2,1-3H3,(H,29,30). The highest BCUT2D eigenvalue weighted by Crippen LogP contribution is 2.27. The van der Waals surface area contributed by atoms with E-state index in [1.165, 1.54) is 6.26 Å². The minimum Gasteiger partial charge on any atom is -0.484 e. The van der Waals surface area contributed by atoms with Gasteiger partial charge in [-0.3, -0.25) is 9.59 Å². The van der Waals surface area contributed by atoms with Gasteiger partial charge in [0, 0.05) is 11.8 Å². The van der Waals surface area contributed by atoms with Gasteiger partial charge in [-0.25, -0.2) is 0 Å². The third kappa shape index (κ3) is 5.12. The van der Waals surface area contributed by atoms with E-state index in [1.807, 2.05) is 55.5 Å². The van der Waals surface area contributed by atoms with E-state index < -0.39 is 0 Å². The zero-order valence-corrected chi connectivity index (χ0v) is 19.5. The predicted molar refractivity (Wildman–Crippen MR) is 133 cm³/mol. The molecule has 0 fully saturated rings. The van der Waals surface area contributed by atoms with Gasteiger partial charge < -0.3 is 19.2 Å².